The van der Waals surface area contributed by atoms with Crippen molar-refractivity contribution in [2.24, 2.45) is 0 Å². The Labute approximate surface area is 156 Å². The highest BCUT2D eigenvalue weighted by Gasteiger charge is 2.39. The largest absolute Gasteiger partial charge is 0.340 e. The van der Waals surface area contributed by atoms with Crippen LogP contribution in [0.3, 0.4) is 0 Å². The highest BCUT2D eigenvalue weighted by Crippen LogP contribution is 2.37. The first-order chi connectivity index (χ1) is 12.8. The zero-order valence-corrected chi connectivity index (χ0v) is 15.4. The van der Waals surface area contributed by atoms with Crippen molar-refractivity contribution in [3.8, 4) is 0 Å². The molecule has 2 fully saturated rings. The lowest BCUT2D eigenvalue weighted by Crippen LogP contribution is -2.51. The smallest absolute Gasteiger partial charge is 0.228 e. The Morgan fingerprint density at radius 1 is 1.27 bits per heavy atom. The second-order valence-corrected chi connectivity index (χ2v) is 8.32. The summed E-state index contributed by atoms with van der Waals surface area (Å²) < 4.78 is 0. The topological polar surface area (TPSA) is 74.2 Å². The zero-order chi connectivity index (χ0) is 17.5. The van der Waals surface area contributed by atoms with Crippen molar-refractivity contribution in [3.63, 3.8) is 0 Å². The van der Waals surface area contributed by atoms with Crippen LogP contribution in [-0.2, 0) is 24.2 Å². The molecule has 0 radical (unpaired) electrons. The van der Waals surface area contributed by atoms with Crippen LogP contribution in [0.15, 0.2) is 18.6 Å². The first kappa shape index (κ1) is 16.1. The predicted molar refractivity (Wildman–Crippen MR) is 99.1 cm³/mol. The van der Waals surface area contributed by atoms with E-state index in [1.54, 1.807) is 29.9 Å². The van der Waals surface area contributed by atoms with Gasteiger partial charge in [-0.1, -0.05) is 11.3 Å². The SMILES string of the molecule is O=C(Cc1cnccn1)N1CCc2nc(N3C4CCC3CNC4)sc2C1. The standard InChI is InChI=1S/C18H22N6OS/c25-17(7-12-8-19-4-5-21-12)23-6-3-15-16(11-23)26-18(22-15)24-13-1-2-14(24)10-20-9-13/h4-5,8,13-14,20H,1-3,6-7,9-11H2. The number of thiazole rings is 1. The minimum absolute atomic E-state index is 0.119. The lowest BCUT2D eigenvalue weighted by atomic mass is 10.1. The summed E-state index contributed by atoms with van der Waals surface area (Å²) in [6.45, 7) is 3.53. The van der Waals surface area contributed by atoms with E-state index in [-0.39, 0.29) is 5.91 Å². The normalized spacial score (nSPS) is 24.6. The van der Waals surface area contributed by atoms with Crippen LogP contribution in [-0.4, -0.2) is 57.5 Å². The first-order valence-electron chi connectivity index (χ1n) is 9.28. The van der Waals surface area contributed by atoms with E-state index in [4.69, 9.17) is 4.98 Å². The summed E-state index contributed by atoms with van der Waals surface area (Å²) in [7, 11) is 0. The molecule has 2 bridgehead atoms. The van der Waals surface area contributed by atoms with Gasteiger partial charge in [0.2, 0.25) is 5.91 Å². The van der Waals surface area contributed by atoms with Crippen molar-refractivity contribution >= 4 is 22.4 Å². The van der Waals surface area contributed by atoms with Crippen molar-refractivity contribution < 1.29 is 4.79 Å². The molecule has 0 spiro atoms. The fourth-order valence-corrected chi connectivity index (χ4v) is 5.55. The molecule has 2 aromatic heterocycles. The summed E-state index contributed by atoms with van der Waals surface area (Å²) in [6.07, 6.45) is 8.60. The van der Waals surface area contributed by atoms with E-state index in [9.17, 15) is 4.79 Å². The Morgan fingerprint density at radius 2 is 2.12 bits per heavy atom. The van der Waals surface area contributed by atoms with E-state index < -0.39 is 0 Å². The van der Waals surface area contributed by atoms with Crippen LogP contribution < -0.4 is 10.2 Å². The summed E-state index contributed by atoms with van der Waals surface area (Å²) in [5.41, 5.74) is 1.91. The molecule has 1 amide bonds. The number of piperazine rings is 1. The van der Waals surface area contributed by atoms with E-state index in [2.05, 4.69) is 20.2 Å². The van der Waals surface area contributed by atoms with Gasteiger partial charge in [0.1, 0.15) is 0 Å². The monoisotopic (exact) mass is 370 g/mol. The number of nitrogens with one attached hydrogen (secondary N) is 1. The average Bonchev–Trinajstić information content (AvgIpc) is 3.19. The van der Waals surface area contributed by atoms with Gasteiger partial charge in [0.15, 0.2) is 5.13 Å². The lowest BCUT2D eigenvalue weighted by molar-refractivity contribution is -0.131. The summed E-state index contributed by atoms with van der Waals surface area (Å²) in [4.78, 5) is 31.5. The lowest BCUT2D eigenvalue weighted by Gasteiger charge is -2.35. The van der Waals surface area contributed by atoms with Crippen molar-refractivity contribution in [2.75, 3.05) is 24.5 Å². The third kappa shape index (κ3) is 2.87. The van der Waals surface area contributed by atoms with Gasteiger partial charge >= 0.3 is 0 Å². The van der Waals surface area contributed by atoms with Crippen molar-refractivity contribution in [3.05, 3.63) is 34.9 Å². The quantitative estimate of drug-likeness (QED) is 0.869. The number of amides is 1. The summed E-state index contributed by atoms with van der Waals surface area (Å²) in [6, 6.07) is 1.16. The van der Waals surface area contributed by atoms with Gasteiger partial charge in [0.05, 0.1) is 24.4 Å². The first-order valence-corrected chi connectivity index (χ1v) is 10.1. The molecule has 1 N–H and O–H groups in total. The van der Waals surface area contributed by atoms with Gasteiger partial charge in [0, 0.05) is 61.6 Å². The highest BCUT2D eigenvalue weighted by molar-refractivity contribution is 7.15. The highest BCUT2D eigenvalue weighted by atomic mass is 32.1. The summed E-state index contributed by atoms with van der Waals surface area (Å²) in [5.74, 6) is 0.119. The molecule has 2 unspecified atom stereocenters. The molecule has 2 aromatic rings. The molecule has 0 saturated carbocycles. The molecule has 2 atom stereocenters. The number of carbonyl (C=O) groups excluding carboxylic acids is 1. The number of fused-ring (bicyclic) bond motifs is 3. The van der Waals surface area contributed by atoms with Crippen molar-refractivity contribution in [1.29, 1.82) is 0 Å². The molecule has 8 heteroatoms. The molecular weight excluding hydrogens is 348 g/mol. The Hall–Kier alpha value is -2.06. The molecular formula is C18H22N6OS. The van der Waals surface area contributed by atoms with Gasteiger partial charge in [-0.25, -0.2) is 4.98 Å². The van der Waals surface area contributed by atoms with Gasteiger partial charge in [-0.05, 0) is 12.8 Å². The Kier molecular flexibility index (Phi) is 4.09. The number of carbonyl (C=O) groups is 1. The van der Waals surface area contributed by atoms with E-state index in [0.717, 1.165) is 36.9 Å². The second kappa shape index (κ2) is 6.59. The summed E-state index contributed by atoms with van der Waals surface area (Å²) >= 11 is 1.78. The van der Waals surface area contributed by atoms with Crippen molar-refractivity contribution in [1.82, 2.24) is 25.2 Å². The summed E-state index contributed by atoms with van der Waals surface area (Å²) in [5, 5.41) is 4.68. The predicted octanol–water partition coefficient (Wildman–Crippen LogP) is 1.00. The molecule has 0 aliphatic carbocycles. The minimum atomic E-state index is 0.119. The van der Waals surface area contributed by atoms with Gasteiger partial charge in [-0.3, -0.25) is 14.8 Å². The number of anilines is 1. The maximum atomic E-state index is 12.6. The van der Waals surface area contributed by atoms with E-state index in [0.29, 0.717) is 25.0 Å². The second-order valence-electron chi connectivity index (χ2n) is 7.26. The molecule has 7 nitrogen and oxygen atoms in total. The molecule has 3 aliphatic heterocycles. The number of hydrogen-bond acceptors (Lipinski definition) is 7. The fraction of sp³-hybridized carbons (Fsp3) is 0.556. The molecule has 5 heterocycles. The van der Waals surface area contributed by atoms with Gasteiger partial charge in [-0.2, -0.15) is 0 Å². The van der Waals surface area contributed by atoms with Gasteiger partial charge in [-0.15, -0.1) is 0 Å². The maximum Gasteiger partial charge on any atom is 0.228 e. The van der Waals surface area contributed by atoms with Crippen LogP contribution in [0.2, 0.25) is 0 Å². The van der Waals surface area contributed by atoms with Gasteiger partial charge in [0.25, 0.3) is 0 Å². The molecule has 2 saturated heterocycles. The molecule has 5 rings (SSSR count). The molecule has 26 heavy (non-hydrogen) atoms. The number of aromatic nitrogens is 3. The molecule has 136 valence electrons. The molecule has 3 aliphatic rings. The Balaban J connectivity index is 1.31. The van der Waals surface area contributed by atoms with E-state index in [1.165, 1.54) is 23.4 Å². The van der Waals surface area contributed by atoms with Crippen LogP contribution in [0.4, 0.5) is 5.13 Å². The fourth-order valence-electron chi connectivity index (χ4n) is 4.28. The van der Waals surface area contributed by atoms with Crippen LogP contribution in [0.5, 0.6) is 0 Å². The number of rotatable bonds is 3. The van der Waals surface area contributed by atoms with Gasteiger partial charge < -0.3 is 15.1 Å². The average molecular weight is 370 g/mol. The minimum Gasteiger partial charge on any atom is -0.340 e. The Bertz CT molecular complexity index is 793. The van der Waals surface area contributed by atoms with E-state index in [1.807, 2.05) is 4.90 Å². The zero-order valence-electron chi connectivity index (χ0n) is 14.6. The number of nitrogens with zero attached hydrogens (tertiary/aromatic N) is 5. The third-order valence-electron chi connectivity index (χ3n) is 5.62. The van der Waals surface area contributed by atoms with Crippen molar-refractivity contribution in [2.45, 2.75) is 44.3 Å². The van der Waals surface area contributed by atoms with E-state index >= 15 is 0 Å². The van der Waals surface area contributed by atoms with Crippen LogP contribution in [0.1, 0.15) is 29.1 Å². The Morgan fingerprint density at radius 3 is 2.88 bits per heavy atom. The molecule has 0 aromatic carbocycles. The van der Waals surface area contributed by atoms with Crippen LogP contribution in [0.25, 0.3) is 0 Å². The maximum absolute atomic E-state index is 12.6. The third-order valence-corrected chi connectivity index (χ3v) is 6.72. The van der Waals surface area contributed by atoms with Crippen LogP contribution >= 0.6 is 11.3 Å². The van der Waals surface area contributed by atoms with Crippen LogP contribution in [0, 0.1) is 0 Å². The number of hydrogen-bond donors (Lipinski definition) is 1.